The van der Waals surface area contributed by atoms with Gasteiger partial charge in [-0.2, -0.15) is 4.98 Å². The minimum atomic E-state index is 0.598. The van der Waals surface area contributed by atoms with Gasteiger partial charge in [-0.25, -0.2) is 4.98 Å². The van der Waals surface area contributed by atoms with Gasteiger partial charge in [-0.15, -0.1) is 0 Å². The van der Waals surface area contributed by atoms with Crippen molar-refractivity contribution in [3.05, 3.63) is 66.1 Å². The SMILES string of the molecule is CCN(CC)c1ccc(Nc2cc(C)nc(NCc3cccnc3)n2)cc1. The van der Waals surface area contributed by atoms with Crippen molar-refractivity contribution >= 4 is 23.1 Å². The highest BCUT2D eigenvalue weighted by atomic mass is 15.1. The number of pyridine rings is 1. The van der Waals surface area contributed by atoms with Crippen LogP contribution in [-0.2, 0) is 6.54 Å². The fourth-order valence-electron chi connectivity index (χ4n) is 2.89. The fraction of sp³-hybridized carbons (Fsp3) is 0.286. The lowest BCUT2D eigenvalue weighted by Gasteiger charge is -2.21. The molecule has 0 amide bonds. The van der Waals surface area contributed by atoms with Crippen LogP contribution in [0.5, 0.6) is 0 Å². The Hall–Kier alpha value is -3.15. The summed E-state index contributed by atoms with van der Waals surface area (Å²) in [7, 11) is 0. The number of nitrogens with one attached hydrogen (secondary N) is 2. The highest BCUT2D eigenvalue weighted by molar-refractivity contribution is 5.61. The average Bonchev–Trinajstić information content (AvgIpc) is 2.69. The van der Waals surface area contributed by atoms with Crippen LogP contribution in [-0.4, -0.2) is 28.0 Å². The first kappa shape index (κ1) is 18.6. The van der Waals surface area contributed by atoms with Gasteiger partial charge in [-0.1, -0.05) is 6.07 Å². The van der Waals surface area contributed by atoms with Crippen molar-refractivity contribution in [1.82, 2.24) is 15.0 Å². The van der Waals surface area contributed by atoms with E-state index in [0.29, 0.717) is 12.5 Å². The minimum Gasteiger partial charge on any atom is -0.372 e. The van der Waals surface area contributed by atoms with E-state index < -0.39 is 0 Å². The molecule has 2 aromatic heterocycles. The van der Waals surface area contributed by atoms with Crippen LogP contribution < -0.4 is 15.5 Å². The van der Waals surface area contributed by atoms with Crippen LogP contribution in [0, 0.1) is 6.92 Å². The molecule has 0 aliphatic heterocycles. The maximum Gasteiger partial charge on any atom is 0.225 e. The summed E-state index contributed by atoms with van der Waals surface area (Å²) in [6.45, 7) is 8.93. The minimum absolute atomic E-state index is 0.598. The predicted octanol–water partition coefficient (Wildman–Crippen LogP) is 4.38. The number of hydrogen-bond donors (Lipinski definition) is 2. The summed E-state index contributed by atoms with van der Waals surface area (Å²) in [5.74, 6) is 1.37. The summed E-state index contributed by atoms with van der Waals surface area (Å²) >= 11 is 0. The summed E-state index contributed by atoms with van der Waals surface area (Å²) in [6, 6.07) is 14.3. The largest absolute Gasteiger partial charge is 0.372 e. The Morgan fingerprint density at radius 3 is 2.44 bits per heavy atom. The molecule has 0 unspecified atom stereocenters. The summed E-state index contributed by atoms with van der Waals surface area (Å²) in [6.07, 6.45) is 3.60. The lowest BCUT2D eigenvalue weighted by molar-refractivity contribution is 0.866. The van der Waals surface area contributed by atoms with Gasteiger partial charge in [0, 0.05) is 55.2 Å². The smallest absolute Gasteiger partial charge is 0.225 e. The molecule has 0 radical (unpaired) electrons. The van der Waals surface area contributed by atoms with Gasteiger partial charge in [0.05, 0.1) is 0 Å². The Kier molecular flexibility index (Phi) is 6.20. The van der Waals surface area contributed by atoms with Crippen LogP contribution in [0.15, 0.2) is 54.9 Å². The van der Waals surface area contributed by atoms with Gasteiger partial charge in [0.1, 0.15) is 5.82 Å². The molecule has 0 aliphatic rings. The number of aromatic nitrogens is 3. The molecule has 27 heavy (non-hydrogen) atoms. The maximum absolute atomic E-state index is 4.57. The highest BCUT2D eigenvalue weighted by Crippen LogP contribution is 2.21. The molecule has 0 fully saturated rings. The van der Waals surface area contributed by atoms with E-state index in [2.05, 4.69) is 68.6 Å². The summed E-state index contributed by atoms with van der Waals surface area (Å²) in [5, 5.41) is 6.62. The van der Waals surface area contributed by atoms with Crippen molar-refractivity contribution in [1.29, 1.82) is 0 Å². The monoisotopic (exact) mass is 362 g/mol. The average molecular weight is 362 g/mol. The highest BCUT2D eigenvalue weighted by Gasteiger charge is 2.05. The van der Waals surface area contributed by atoms with E-state index >= 15 is 0 Å². The van der Waals surface area contributed by atoms with Gasteiger partial charge >= 0.3 is 0 Å². The topological polar surface area (TPSA) is 66.0 Å². The first-order valence-electron chi connectivity index (χ1n) is 9.28. The molecular formula is C21H26N6. The number of nitrogens with zero attached hydrogens (tertiary/aromatic N) is 4. The second-order valence-electron chi connectivity index (χ2n) is 6.28. The van der Waals surface area contributed by atoms with Gasteiger partial charge in [-0.05, 0) is 56.7 Å². The molecule has 0 saturated carbocycles. The first-order valence-corrected chi connectivity index (χ1v) is 9.28. The van der Waals surface area contributed by atoms with E-state index in [1.54, 1.807) is 6.20 Å². The van der Waals surface area contributed by atoms with Crippen LogP contribution in [0.4, 0.5) is 23.1 Å². The van der Waals surface area contributed by atoms with Crippen molar-refractivity contribution in [2.75, 3.05) is 28.6 Å². The second-order valence-corrected chi connectivity index (χ2v) is 6.28. The Labute approximate surface area is 160 Å². The molecule has 6 nitrogen and oxygen atoms in total. The van der Waals surface area contributed by atoms with E-state index in [0.717, 1.165) is 35.9 Å². The molecule has 0 spiro atoms. The van der Waals surface area contributed by atoms with Crippen LogP contribution in [0.3, 0.4) is 0 Å². The zero-order valence-corrected chi connectivity index (χ0v) is 16.1. The molecule has 0 saturated heterocycles. The van der Waals surface area contributed by atoms with Gasteiger partial charge in [0.25, 0.3) is 0 Å². The molecule has 2 heterocycles. The number of hydrogen-bond acceptors (Lipinski definition) is 6. The Morgan fingerprint density at radius 1 is 1.00 bits per heavy atom. The maximum atomic E-state index is 4.57. The fourth-order valence-corrected chi connectivity index (χ4v) is 2.89. The molecule has 0 aliphatic carbocycles. The van der Waals surface area contributed by atoms with Crippen LogP contribution in [0.25, 0.3) is 0 Å². The number of aryl methyl sites for hydroxylation is 1. The van der Waals surface area contributed by atoms with Gasteiger partial charge < -0.3 is 15.5 Å². The molecular weight excluding hydrogens is 336 g/mol. The zero-order valence-electron chi connectivity index (χ0n) is 16.1. The summed E-state index contributed by atoms with van der Waals surface area (Å²) in [4.78, 5) is 15.5. The van der Waals surface area contributed by atoms with Crippen molar-refractivity contribution in [2.45, 2.75) is 27.3 Å². The van der Waals surface area contributed by atoms with Gasteiger partial charge in [-0.3, -0.25) is 4.98 Å². The van der Waals surface area contributed by atoms with Crippen molar-refractivity contribution in [2.24, 2.45) is 0 Å². The first-order chi connectivity index (χ1) is 13.2. The molecule has 6 heteroatoms. The summed E-state index contributed by atoms with van der Waals surface area (Å²) in [5.41, 5.74) is 4.22. The lowest BCUT2D eigenvalue weighted by Crippen LogP contribution is -2.21. The van der Waals surface area contributed by atoms with E-state index in [-0.39, 0.29) is 0 Å². The quantitative estimate of drug-likeness (QED) is 0.620. The van der Waals surface area contributed by atoms with Gasteiger partial charge in [0.15, 0.2) is 0 Å². The Morgan fingerprint density at radius 2 is 1.78 bits per heavy atom. The van der Waals surface area contributed by atoms with Crippen molar-refractivity contribution in [3.63, 3.8) is 0 Å². The Balaban J connectivity index is 1.68. The molecule has 0 bridgehead atoms. The van der Waals surface area contributed by atoms with Crippen molar-refractivity contribution in [3.8, 4) is 0 Å². The molecule has 1 aromatic carbocycles. The van der Waals surface area contributed by atoms with Crippen molar-refractivity contribution < 1.29 is 0 Å². The number of benzene rings is 1. The number of anilines is 4. The molecule has 140 valence electrons. The number of rotatable bonds is 8. The normalized spacial score (nSPS) is 10.5. The van der Waals surface area contributed by atoms with E-state index in [1.165, 1.54) is 5.69 Å². The zero-order chi connectivity index (χ0) is 19.1. The van der Waals surface area contributed by atoms with E-state index in [1.807, 2.05) is 31.3 Å². The predicted molar refractivity (Wildman–Crippen MR) is 112 cm³/mol. The summed E-state index contributed by atoms with van der Waals surface area (Å²) < 4.78 is 0. The molecule has 3 rings (SSSR count). The third kappa shape index (κ3) is 5.17. The third-order valence-electron chi connectivity index (χ3n) is 4.30. The lowest BCUT2D eigenvalue weighted by atomic mass is 10.2. The Bertz CT molecular complexity index is 844. The standard InChI is InChI=1S/C21H26N6/c1-4-27(5-2)19-10-8-18(9-11-19)25-20-13-16(3)24-21(26-20)23-15-17-7-6-12-22-14-17/h6-14H,4-5,15H2,1-3H3,(H2,23,24,25,26). The van der Waals surface area contributed by atoms with Crippen LogP contribution in [0.2, 0.25) is 0 Å². The van der Waals surface area contributed by atoms with Crippen LogP contribution in [0.1, 0.15) is 25.1 Å². The van der Waals surface area contributed by atoms with Gasteiger partial charge in [0.2, 0.25) is 5.95 Å². The van der Waals surface area contributed by atoms with Crippen LogP contribution >= 0.6 is 0 Å². The molecule has 2 N–H and O–H groups in total. The molecule has 3 aromatic rings. The second kappa shape index (κ2) is 8.98. The molecule has 0 atom stereocenters. The van der Waals surface area contributed by atoms with E-state index in [9.17, 15) is 0 Å². The third-order valence-corrected chi connectivity index (χ3v) is 4.30. The van der Waals surface area contributed by atoms with E-state index in [4.69, 9.17) is 0 Å².